The Bertz CT molecular complexity index is 864. The fraction of sp³-hybridized carbons (Fsp3) is 0.524. The third kappa shape index (κ3) is 4.64. The molecule has 29 heavy (non-hydrogen) atoms. The first kappa shape index (κ1) is 20.0. The molecule has 0 spiro atoms. The zero-order valence-electron chi connectivity index (χ0n) is 16.7. The van der Waals surface area contributed by atoms with Gasteiger partial charge >= 0.3 is 6.03 Å². The standard InChI is InChI=1S/C21H26N4O3S/c1-15-19(18(26)8-7-16-5-4-9-22-13-16)29-20(23-15)25-11-10-24(21(25)27)14-17-6-2-3-12-28-17/h4-5,9,13,17H,2-3,6-8,10-12,14H2,1H3. The maximum Gasteiger partial charge on any atom is 0.326 e. The van der Waals surface area contributed by atoms with Crippen molar-refractivity contribution in [3.8, 4) is 0 Å². The Morgan fingerprint density at radius 2 is 2.24 bits per heavy atom. The number of carbonyl (C=O) groups is 2. The summed E-state index contributed by atoms with van der Waals surface area (Å²) in [6.45, 7) is 4.53. The van der Waals surface area contributed by atoms with Crippen molar-refractivity contribution < 1.29 is 14.3 Å². The van der Waals surface area contributed by atoms with E-state index in [-0.39, 0.29) is 17.9 Å². The van der Waals surface area contributed by atoms with Crippen LogP contribution in [-0.4, -0.2) is 59.0 Å². The quantitative estimate of drug-likeness (QED) is 0.649. The average Bonchev–Trinajstić information content (AvgIpc) is 3.30. The molecule has 1 unspecified atom stereocenters. The molecule has 2 saturated heterocycles. The fourth-order valence-corrected chi connectivity index (χ4v) is 4.85. The van der Waals surface area contributed by atoms with Crippen LogP contribution in [0.3, 0.4) is 0 Å². The third-order valence-corrected chi connectivity index (χ3v) is 6.65. The van der Waals surface area contributed by atoms with E-state index < -0.39 is 0 Å². The third-order valence-electron chi connectivity index (χ3n) is 5.43. The van der Waals surface area contributed by atoms with E-state index in [1.165, 1.54) is 11.3 Å². The highest BCUT2D eigenvalue weighted by Gasteiger charge is 2.34. The lowest BCUT2D eigenvalue weighted by atomic mass is 10.1. The first-order valence-electron chi connectivity index (χ1n) is 10.2. The number of amides is 2. The summed E-state index contributed by atoms with van der Waals surface area (Å²) >= 11 is 1.32. The van der Waals surface area contributed by atoms with Crippen LogP contribution in [-0.2, 0) is 11.2 Å². The first-order valence-corrected chi connectivity index (χ1v) is 11.0. The van der Waals surface area contributed by atoms with Crippen LogP contribution in [0.5, 0.6) is 0 Å². The van der Waals surface area contributed by atoms with Crippen LogP contribution in [0.15, 0.2) is 24.5 Å². The molecular weight excluding hydrogens is 388 g/mol. The minimum atomic E-state index is -0.0396. The second-order valence-corrected chi connectivity index (χ2v) is 8.54. The fourth-order valence-electron chi connectivity index (χ4n) is 3.80. The van der Waals surface area contributed by atoms with Crippen LogP contribution < -0.4 is 4.90 Å². The van der Waals surface area contributed by atoms with Gasteiger partial charge in [-0.1, -0.05) is 17.4 Å². The van der Waals surface area contributed by atoms with E-state index >= 15 is 0 Å². The molecule has 2 aliphatic heterocycles. The van der Waals surface area contributed by atoms with Crippen molar-refractivity contribution in [2.75, 3.05) is 31.1 Å². The van der Waals surface area contributed by atoms with E-state index in [0.29, 0.717) is 48.2 Å². The lowest BCUT2D eigenvalue weighted by Gasteiger charge is -2.27. The number of aryl methyl sites for hydroxylation is 2. The number of pyridine rings is 1. The molecule has 4 rings (SSSR count). The van der Waals surface area contributed by atoms with Crippen LogP contribution in [0.25, 0.3) is 0 Å². The molecule has 8 heteroatoms. The predicted molar refractivity (Wildman–Crippen MR) is 112 cm³/mol. The molecule has 0 radical (unpaired) electrons. The highest BCUT2D eigenvalue weighted by Crippen LogP contribution is 2.30. The second-order valence-electron chi connectivity index (χ2n) is 7.56. The van der Waals surface area contributed by atoms with Gasteiger partial charge in [0, 0.05) is 45.1 Å². The minimum Gasteiger partial charge on any atom is -0.376 e. The lowest BCUT2D eigenvalue weighted by Crippen LogP contribution is -2.39. The average molecular weight is 415 g/mol. The van der Waals surface area contributed by atoms with Gasteiger partial charge in [0.25, 0.3) is 0 Å². The van der Waals surface area contributed by atoms with Crippen LogP contribution in [0.1, 0.15) is 46.6 Å². The van der Waals surface area contributed by atoms with Gasteiger partial charge < -0.3 is 9.64 Å². The maximum absolute atomic E-state index is 12.9. The van der Waals surface area contributed by atoms with Crippen molar-refractivity contribution in [2.45, 2.75) is 45.1 Å². The van der Waals surface area contributed by atoms with Gasteiger partial charge in [-0.2, -0.15) is 0 Å². The van der Waals surface area contributed by atoms with E-state index in [9.17, 15) is 9.59 Å². The molecule has 2 aliphatic rings. The number of ether oxygens (including phenoxy) is 1. The summed E-state index contributed by atoms with van der Waals surface area (Å²) in [6, 6.07) is 3.81. The number of hydrogen-bond acceptors (Lipinski definition) is 6. The number of hydrogen-bond donors (Lipinski definition) is 0. The van der Waals surface area contributed by atoms with E-state index in [0.717, 1.165) is 31.4 Å². The monoisotopic (exact) mass is 414 g/mol. The number of thiazole rings is 1. The van der Waals surface area contributed by atoms with Crippen LogP contribution in [0.2, 0.25) is 0 Å². The van der Waals surface area contributed by atoms with Gasteiger partial charge in [-0.15, -0.1) is 0 Å². The largest absolute Gasteiger partial charge is 0.376 e. The number of urea groups is 1. The Morgan fingerprint density at radius 1 is 1.34 bits per heavy atom. The Labute approximate surface area is 174 Å². The zero-order chi connectivity index (χ0) is 20.2. The van der Waals surface area contributed by atoms with Crippen molar-refractivity contribution in [2.24, 2.45) is 0 Å². The molecular formula is C21H26N4O3S. The number of Topliss-reactive ketones (excluding diaryl/α,β-unsaturated/α-hetero) is 1. The molecule has 0 bridgehead atoms. The summed E-state index contributed by atoms with van der Waals surface area (Å²) in [5.41, 5.74) is 1.74. The van der Waals surface area contributed by atoms with Gasteiger partial charge in [-0.3, -0.25) is 14.7 Å². The van der Waals surface area contributed by atoms with E-state index in [4.69, 9.17) is 4.74 Å². The molecule has 1 atom stereocenters. The molecule has 2 aromatic heterocycles. The molecule has 0 aromatic carbocycles. The first-order chi connectivity index (χ1) is 14.1. The molecule has 4 heterocycles. The molecule has 0 N–H and O–H groups in total. The molecule has 7 nitrogen and oxygen atoms in total. The number of carbonyl (C=O) groups excluding carboxylic acids is 2. The van der Waals surface area contributed by atoms with Gasteiger partial charge in [0.05, 0.1) is 16.7 Å². The van der Waals surface area contributed by atoms with Crippen molar-refractivity contribution in [3.63, 3.8) is 0 Å². The SMILES string of the molecule is Cc1nc(N2CCN(CC3CCCCO3)C2=O)sc1C(=O)CCc1cccnc1. The number of aromatic nitrogens is 2. The van der Waals surface area contributed by atoms with E-state index in [1.807, 2.05) is 24.0 Å². The zero-order valence-corrected chi connectivity index (χ0v) is 17.5. The van der Waals surface area contributed by atoms with Gasteiger partial charge in [-0.25, -0.2) is 9.78 Å². The number of nitrogens with zero attached hydrogens (tertiary/aromatic N) is 4. The Hall–Kier alpha value is -2.32. The molecule has 154 valence electrons. The second kappa shape index (κ2) is 9.00. The summed E-state index contributed by atoms with van der Waals surface area (Å²) in [6.07, 6.45) is 7.97. The topological polar surface area (TPSA) is 75.6 Å². The summed E-state index contributed by atoms with van der Waals surface area (Å²) < 4.78 is 5.77. The Morgan fingerprint density at radius 3 is 3.00 bits per heavy atom. The Kier molecular flexibility index (Phi) is 6.20. The molecule has 2 amide bonds. The highest BCUT2D eigenvalue weighted by molar-refractivity contribution is 7.17. The number of rotatable bonds is 7. The van der Waals surface area contributed by atoms with Crippen molar-refractivity contribution in [1.29, 1.82) is 0 Å². The lowest BCUT2D eigenvalue weighted by molar-refractivity contribution is 0.00338. The summed E-state index contributed by atoms with van der Waals surface area (Å²) in [7, 11) is 0. The molecule has 2 aromatic rings. The van der Waals surface area contributed by atoms with Crippen LogP contribution >= 0.6 is 11.3 Å². The molecule has 2 fully saturated rings. The summed E-state index contributed by atoms with van der Waals surface area (Å²) in [5.74, 6) is 0.0641. The van der Waals surface area contributed by atoms with Gasteiger partial charge in [0.1, 0.15) is 0 Å². The summed E-state index contributed by atoms with van der Waals surface area (Å²) in [4.78, 5) is 38.3. The van der Waals surface area contributed by atoms with Gasteiger partial charge in [-0.05, 0) is 44.2 Å². The molecule has 0 aliphatic carbocycles. The van der Waals surface area contributed by atoms with Crippen molar-refractivity contribution >= 4 is 28.3 Å². The molecule has 0 saturated carbocycles. The smallest absolute Gasteiger partial charge is 0.326 e. The summed E-state index contributed by atoms with van der Waals surface area (Å²) in [5, 5.41) is 0.615. The maximum atomic E-state index is 12.9. The van der Waals surface area contributed by atoms with Crippen LogP contribution in [0.4, 0.5) is 9.93 Å². The van der Waals surface area contributed by atoms with Gasteiger partial charge in [0.15, 0.2) is 10.9 Å². The van der Waals surface area contributed by atoms with Gasteiger partial charge in [0.2, 0.25) is 0 Å². The number of anilines is 1. The van der Waals surface area contributed by atoms with Crippen molar-refractivity contribution in [1.82, 2.24) is 14.9 Å². The Balaban J connectivity index is 1.38. The van der Waals surface area contributed by atoms with Crippen molar-refractivity contribution in [3.05, 3.63) is 40.7 Å². The van der Waals surface area contributed by atoms with E-state index in [1.54, 1.807) is 17.3 Å². The minimum absolute atomic E-state index is 0.0396. The predicted octanol–water partition coefficient (Wildman–Crippen LogP) is 3.47. The highest BCUT2D eigenvalue weighted by atomic mass is 32.1. The van der Waals surface area contributed by atoms with E-state index in [2.05, 4.69) is 9.97 Å². The van der Waals surface area contributed by atoms with Crippen LogP contribution in [0, 0.1) is 6.92 Å². The normalized spacial score (nSPS) is 19.8. The number of ketones is 1.